The number of aliphatic hydroxyl groups is 1. The summed E-state index contributed by atoms with van der Waals surface area (Å²) in [5, 5.41) is 26.9. The van der Waals surface area contributed by atoms with Crippen LogP contribution in [0.25, 0.3) is 11.0 Å². The number of nitro benzene ring substituents is 1. The Morgan fingerprint density at radius 1 is 0.938 bits per heavy atom. The molecule has 18 nitrogen and oxygen atoms in total. The van der Waals surface area contributed by atoms with Crippen LogP contribution in [-0.4, -0.2) is 128 Å². The second kappa shape index (κ2) is 22.2. The van der Waals surface area contributed by atoms with Gasteiger partial charge in [-0.2, -0.15) is 4.98 Å². The second-order valence-corrected chi connectivity index (χ2v) is 25.9. The quantitative estimate of drug-likeness (QED) is 0.0557. The van der Waals surface area contributed by atoms with Crippen LogP contribution in [0.2, 0.25) is 0 Å². The number of nitro groups is 1. The fraction of sp³-hybridized carbons (Fsp3) is 0.484. The van der Waals surface area contributed by atoms with Gasteiger partial charge in [0.25, 0.3) is 21.6 Å². The summed E-state index contributed by atoms with van der Waals surface area (Å²) in [5.74, 6) is 0.958. The van der Waals surface area contributed by atoms with Crippen LogP contribution in [0.1, 0.15) is 118 Å². The number of fused-ring (bicyclic) bond motifs is 3. The summed E-state index contributed by atoms with van der Waals surface area (Å²) in [6, 6.07) is 31.1. The Kier molecular flexibility index (Phi) is 15.0. The maximum absolute atomic E-state index is 14.8. The van der Waals surface area contributed by atoms with Gasteiger partial charge in [0.1, 0.15) is 28.9 Å². The van der Waals surface area contributed by atoms with Gasteiger partial charge in [0, 0.05) is 87.8 Å². The summed E-state index contributed by atoms with van der Waals surface area (Å²) >= 11 is 0. The van der Waals surface area contributed by atoms with E-state index in [1.54, 1.807) is 13.2 Å². The van der Waals surface area contributed by atoms with Gasteiger partial charge in [-0.15, -0.1) is 0 Å². The summed E-state index contributed by atoms with van der Waals surface area (Å²) in [5.41, 5.74) is 6.20. The summed E-state index contributed by atoms with van der Waals surface area (Å²) < 4.78 is 48.8. The lowest BCUT2D eigenvalue weighted by molar-refractivity contribution is -0.384. The molecule has 4 aliphatic heterocycles. The third-order valence-corrected chi connectivity index (χ3v) is 19.9. The maximum atomic E-state index is 14.8. The number of benzene rings is 4. The van der Waals surface area contributed by atoms with Gasteiger partial charge in [0.05, 0.1) is 46.4 Å². The number of carbonyl (C=O) groups is 1. The zero-order valence-corrected chi connectivity index (χ0v) is 47.6. The molecule has 2 aromatic heterocycles. The molecule has 12 rings (SSSR count). The molecule has 1 amide bonds. The Morgan fingerprint density at radius 2 is 1.72 bits per heavy atom. The van der Waals surface area contributed by atoms with Crippen molar-refractivity contribution in [1.82, 2.24) is 24.5 Å². The summed E-state index contributed by atoms with van der Waals surface area (Å²) in [7, 11) is -2.93. The fourth-order valence-corrected chi connectivity index (χ4v) is 14.9. The third-order valence-electron chi connectivity index (χ3n) is 18.6. The first-order valence-corrected chi connectivity index (χ1v) is 30.4. The Morgan fingerprint density at radius 3 is 2.47 bits per heavy atom. The number of aromatic nitrogens is 2. The number of hydrogen-bond acceptors (Lipinski definition) is 15. The molecule has 81 heavy (non-hydrogen) atoms. The van der Waals surface area contributed by atoms with Gasteiger partial charge in [0.15, 0.2) is 0 Å². The number of anilines is 4. The van der Waals surface area contributed by atoms with E-state index in [4.69, 9.17) is 19.2 Å². The Balaban J connectivity index is 0.798. The van der Waals surface area contributed by atoms with E-state index in [0.29, 0.717) is 73.9 Å². The van der Waals surface area contributed by atoms with E-state index in [1.165, 1.54) is 28.8 Å². The third kappa shape index (κ3) is 11.2. The van der Waals surface area contributed by atoms with E-state index in [0.717, 1.165) is 101 Å². The number of sulfonamides is 1. The minimum atomic E-state index is -4.64. The van der Waals surface area contributed by atoms with Crippen LogP contribution >= 0.6 is 0 Å². The topological polar surface area (TPSA) is 208 Å². The molecule has 4 aromatic carbocycles. The number of aromatic amines is 1. The summed E-state index contributed by atoms with van der Waals surface area (Å²) in [6.45, 7) is 13.1. The molecular formula is C62H75N9O9S. The van der Waals surface area contributed by atoms with Crippen LogP contribution in [-0.2, 0) is 21.3 Å². The zero-order valence-electron chi connectivity index (χ0n) is 46.8. The number of rotatable bonds is 15. The fourth-order valence-electron chi connectivity index (χ4n) is 13.9. The molecule has 428 valence electrons. The van der Waals surface area contributed by atoms with Crippen molar-refractivity contribution in [3.63, 3.8) is 0 Å². The van der Waals surface area contributed by atoms with Crippen molar-refractivity contribution in [2.24, 2.45) is 11.3 Å². The first kappa shape index (κ1) is 54.8. The maximum Gasteiger partial charge on any atom is 0.293 e. The predicted octanol–water partition coefficient (Wildman–Crippen LogP) is 10.1. The Labute approximate surface area is 474 Å². The molecule has 6 heterocycles. The summed E-state index contributed by atoms with van der Waals surface area (Å²) in [6.07, 6.45) is 9.05. The number of H-pyrrole nitrogens is 1. The minimum Gasteiger partial charge on any atom is -0.497 e. The molecule has 3 atom stereocenters. The van der Waals surface area contributed by atoms with Crippen molar-refractivity contribution < 1.29 is 37.5 Å². The lowest BCUT2D eigenvalue weighted by atomic mass is 9.59. The van der Waals surface area contributed by atoms with E-state index >= 15 is 0 Å². The molecule has 0 bridgehead atoms. The Bertz CT molecular complexity index is 3400. The van der Waals surface area contributed by atoms with Gasteiger partial charge < -0.3 is 39.4 Å². The second-order valence-electron chi connectivity index (χ2n) is 24.2. The zero-order chi connectivity index (χ0) is 56.2. The van der Waals surface area contributed by atoms with Crippen molar-refractivity contribution in [1.29, 1.82) is 0 Å². The number of amides is 1. The number of methoxy groups -OCH3 is 1. The van der Waals surface area contributed by atoms with E-state index in [1.807, 2.05) is 49.5 Å². The highest BCUT2D eigenvalue weighted by atomic mass is 32.2. The molecule has 3 saturated heterocycles. The normalized spacial score (nSPS) is 24.3. The van der Waals surface area contributed by atoms with Crippen LogP contribution in [0.15, 0.2) is 108 Å². The number of nitrogens with zero attached hydrogens (tertiary/aromatic N) is 6. The van der Waals surface area contributed by atoms with Crippen LogP contribution < -0.4 is 29.3 Å². The van der Waals surface area contributed by atoms with Crippen molar-refractivity contribution in [2.45, 2.75) is 126 Å². The lowest BCUT2D eigenvalue weighted by Crippen LogP contribution is -2.60. The number of piperidine rings is 1. The molecule has 2 saturated carbocycles. The van der Waals surface area contributed by atoms with Gasteiger partial charge in [0.2, 0.25) is 5.88 Å². The highest BCUT2D eigenvalue weighted by Crippen LogP contribution is 2.54. The monoisotopic (exact) mass is 1120 g/mol. The van der Waals surface area contributed by atoms with Gasteiger partial charge in [-0.05, 0) is 153 Å². The molecule has 5 fully saturated rings. The molecule has 1 spiro atoms. The first-order chi connectivity index (χ1) is 39.0. The average molecular weight is 1120 g/mol. The van der Waals surface area contributed by atoms with Crippen LogP contribution in [0.3, 0.4) is 0 Å². The van der Waals surface area contributed by atoms with Gasteiger partial charge in [-0.1, -0.05) is 50.2 Å². The number of ether oxygens (including phenoxy) is 3. The van der Waals surface area contributed by atoms with Crippen LogP contribution in [0, 0.1) is 21.4 Å². The molecule has 19 heteroatoms. The van der Waals surface area contributed by atoms with Crippen molar-refractivity contribution in [3.05, 3.63) is 136 Å². The van der Waals surface area contributed by atoms with Crippen molar-refractivity contribution >= 4 is 55.4 Å². The van der Waals surface area contributed by atoms with E-state index < -0.39 is 43.1 Å². The largest absolute Gasteiger partial charge is 0.497 e. The molecule has 6 aliphatic rings. The van der Waals surface area contributed by atoms with Gasteiger partial charge >= 0.3 is 0 Å². The number of piperazine rings is 1. The molecule has 4 N–H and O–H groups in total. The van der Waals surface area contributed by atoms with Crippen molar-refractivity contribution in [3.8, 4) is 11.6 Å². The standard InChI is InChI=1S/C62H75N9O9S/c1-40(2)48-7-5-6-8-49(48)56-38-67(37-42-9-12-46(78-4)13-10-42)28-29-69(56)45-34-62(35-45)23-26-68(27-24-62)44-11-15-50(53(32-44)70-52-20-30-79-39-57(52)80-60-55(70)31-43-19-25-63-58(43)65-60)59(72)66-81(76,77)47-14-16-51(54(33-47)71(74)75)64-36-41-17-21-61(3,73)22-18-41/h5-16,19,25,31-33,40-41,45,52,56-57,64,73H,17-18,20-24,26-30,34-39H2,1-4H3,(H,63,65)(H,66,72)/t41-,52-,56-,57-,61-/m0/s1. The lowest BCUT2D eigenvalue weighted by Gasteiger charge is -2.58. The Hall–Kier alpha value is -6.77. The van der Waals surface area contributed by atoms with Crippen LogP contribution in [0.5, 0.6) is 11.6 Å². The highest BCUT2D eigenvalue weighted by molar-refractivity contribution is 7.90. The molecule has 0 radical (unpaired) electrons. The molecular weight excluding hydrogens is 1050 g/mol. The average Bonchev–Trinajstić information content (AvgIpc) is 4.13. The number of nitrogens with one attached hydrogen (secondary N) is 3. The van der Waals surface area contributed by atoms with E-state index in [-0.39, 0.29) is 34.7 Å². The number of hydrogen-bond donors (Lipinski definition) is 4. The van der Waals surface area contributed by atoms with Crippen LogP contribution in [0.4, 0.5) is 28.4 Å². The number of pyridine rings is 1. The van der Waals surface area contributed by atoms with Gasteiger partial charge in [-0.3, -0.25) is 24.7 Å². The number of carbonyl (C=O) groups excluding carboxylic acids is 1. The van der Waals surface area contributed by atoms with E-state index in [9.17, 15) is 28.4 Å². The minimum absolute atomic E-state index is 0.113. The van der Waals surface area contributed by atoms with E-state index in [2.05, 4.69) is 84.9 Å². The smallest absolute Gasteiger partial charge is 0.293 e. The highest BCUT2D eigenvalue weighted by Gasteiger charge is 2.50. The van der Waals surface area contributed by atoms with Gasteiger partial charge in [-0.25, -0.2) is 13.1 Å². The molecule has 6 aromatic rings. The summed E-state index contributed by atoms with van der Waals surface area (Å²) in [4.78, 5) is 44.2. The van der Waals surface area contributed by atoms with Crippen molar-refractivity contribution in [2.75, 3.05) is 74.7 Å². The molecule has 0 unspecified atom stereocenters. The first-order valence-electron chi connectivity index (χ1n) is 29.0. The molecule has 2 aliphatic carbocycles. The predicted molar refractivity (Wildman–Crippen MR) is 312 cm³/mol. The SMILES string of the molecule is COc1ccc(CN2CCN(C3CC4(CCN(c5ccc(C(=O)NS(=O)(=O)c6ccc(NC[C@H]7CC[C@](C)(O)CC7)c([N+](=O)[O-])c6)c(N6c7cc8cc[nH]c8nc7O[C@H]7COCC[C@@H]76)c5)CC4)C3)[C@H](c3ccccc3C(C)C)C2)cc1.